The normalized spacial score (nSPS) is 11.6. The highest BCUT2D eigenvalue weighted by Crippen LogP contribution is 2.27. The second-order valence-corrected chi connectivity index (χ2v) is 5.81. The van der Waals surface area contributed by atoms with E-state index in [4.69, 9.17) is 17.3 Å². The van der Waals surface area contributed by atoms with E-state index >= 15 is 0 Å². The van der Waals surface area contributed by atoms with Crippen molar-refractivity contribution in [3.8, 4) is 11.3 Å². The fraction of sp³-hybridized carbons (Fsp3) is 0.286. The molecule has 0 saturated carbocycles. The molecule has 1 aromatic heterocycles. The average molecular weight is 280 g/mol. The Morgan fingerprint density at radius 1 is 1.16 bits per heavy atom. The summed E-state index contributed by atoms with van der Waals surface area (Å²) in [5, 5.41) is 0.347. The van der Waals surface area contributed by atoms with Gasteiger partial charge in [-0.25, -0.2) is 14.4 Å². The Balaban J connectivity index is 2.59. The smallest absolute Gasteiger partial charge is 0.136 e. The third-order valence-electron chi connectivity index (χ3n) is 2.62. The second kappa shape index (κ2) is 4.78. The zero-order chi connectivity index (χ0) is 14.2. The fourth-order valence-corrected chi connectivity index (χ4v) is 1.80. The quantitative estimate of drug-likeness (QED) is 0.863. The SMILES string of the molecule is CC(C)(C)c1nc(N)cc(-c2ccc(Cl)cc2F)n1. The molecule has 1 aromatic carbocycles. The molecule has 19 heavy (non-hydrogen) atoms. The minimum Gasteiger partial charge on any atom is -0.384 e. The summed E-state index contributed by atoms with van der Waals surface area (Å²) < 4.78 is 13.9. The van der Waals surface area contributed by atoms with E-state index < -0.39 is 5.82 Å². The van der Waals surface area contributed by atoms with Crippen LogP contribution in [-0.2, 0) is 5.41 Å². The van der Waals surface area contributed by atoms with Crippen molar-refractivity contribution in [1.29, 1.82) is 0 Å². The second-order valence-electron chi connectivity index (χ2n) is 5.38. The van der Waals surface area contributed by atoms with E-state index in [1.165, 1.54) is 6.07 Å². The van der Waals surface area contributed by atoms with Gasteiger partial charge in [-0.3, -0.25) is 0 Å². The molecular formula is C14H15ClFN3. The van der Waals surface area contributed by atoms with E-state index in [0.29, 0.717) is 27.9 Å². The summed E-state index contributed by atoms with van der Waals surface area (Å²) in [6.45, 7) is 5.93. The van der Waals surface area contributed by atoms with Crippen LogP contribution in [-0.4, -0.2) is 9.97 Å². The number of nitrogen functional groups attached to an aromatic ring is 1. The van der Waals surface area contributed by atoms with Gasteiger partial charge in [-0.1, -0.05) is 32.4 Å². The first-order valence-electron chi connectivity index (χ1n) is 5.88. The minimum atomic E-state index is -0.426. The molecule has 0 atom stereocenters. The number of hydrogen-bond donors (Lipinski definition) is 1. The van der Waals surface area contributed by atoms with Gasteiger partial charge in [0.15, 0.2) is 0 Å². The number of aromatic nitrogens is 2. The van der Waals surface area contributed by atoms with Crippen LogP contribution in [0.3, 0.4) is 0 Å². The molecular weight excluding hydrogens is 265 g/mol. The number of anilines is 1. The van der Waals surface area contributed by atoms with Gasteiger partial charge < -0.3 is 5.73 Å². The lowest BCUT2D eigenvalue weighted by atomic mass is 9.95. The van der Waals surface area contributed by atoms with E-state index in [-0.39, 0.29) is 5.41 Å². The molecule has 0 fully saturated rings. The van der Waals surface area contributed by atoms with Crippen LogP contribution >= 0.6 is 11.6 Å². The number of nitrogens with two attached hydrogens (primary N) is 1. The van der Waals surface area contributed by atoms with Crippen molar-refractivity contribution in [3.05, 3.63) is 40.9 Å². The van der Waals surface area contributed by atoms with Crippen molar-refractivity contribution in [2.75, 3.05) is 5.73 Å². The van der Waals surface area contributed by atoms with Gasteiger partial charge in [0.2, 0.25) is 0 Å². The van der Waals surface area contributed by atoms with Crippen molar-refractivity contribution in [2.24, 2.45) is 0 Å². The molecule has 0 aliphatic rings. The molecule has 5 heteroatoms. The van der Waals surface area contributed by atoms with Crippen LogP contribution in [0.25, 0.3) is 11.3 Å². The molecule has 0 amide bonds. The number of nitrogens with zero attached hydrogens (tertiary/aromatic N) is 2. The summed E-state index contributed by atoms with van der Waals surface area (Å²) in [7, 11) is 0. The molecule has 0 saturated heterocycles. The molecule has 3 nitrogen and oxygen atoms in total. The molecule has 0 spiro atoms. The molecule has 2 rings (SSSR count). The summed E-state index contributed by atoms with van der Waals surface area (Å²) in [5.74, 6) is 0.478. The van der Waals surface area contributed by atoms with Gasteiger partial charge in [-0.15, -0.1) is 0 Å². The van der Waals surface area contributed by atoms with E-state index in [1.807, 2.05) is 20.8 Å². The van der Waals surface area contributed by atoms with Crippen molar-refractivity contribution in [2.45, 2.75) is 26.2 Å². The molecule has 2 aromatic rings. The highest BCUT2D eigenvalue weighted by atomic mass is 35.5. The summed E-state index contributed by atoms with van der Waals surface area (Å²) in [4.78, 5) is 8.59. The van der Waals surface area contributed by atoms with Crippen LogP contribution in [0.1, 0.15) is 26.6 Å². The van der Waals surface area contributed by atoms with Crippen LogP contribution in [0.15, 0.2) is 24.3 Å². The maximum Gasteiger partial charge on any atom is 0.136 e. The molecule has 1 heterocycles. The van der Waals surface area contributed by atoms with Crippen LogP contribution in [0.2, 0.25) is 5.02 Å². The Bertz CT molecular complexity index is 621. The lowest BCUT2D eigenvalue weighted by molar-refractivity contribution is 0.546. The highest BCUT2D eigenvalue weighted by Gasteiger charge is 2.19. The van der Waals surface area contributed by atoms with E-state index in [9.17, 15) is 4.39 Å². The zero-order valence-corrected chi connectivity index (χ0v) is 11.8. The Labute approximate surface area is 116 Å². The van der Waals surface area contributed by atoms with Gasteiger partial charge in [-0.05, 0) is 18.2 Å². The Hall–Kier alpha value is -1.68. The highest BCUT2D eigenvalue weighted by molar-refractivity contribution is 6.30. The standard InChI is InChI=1S/C14H15ClFN3/c1-14(2,3)13-18-11(7-12(17)19-13)9-5-4-8(15)6-10(9)16/h4-7H,1-3H3,(H2,17,18,19). The van der Waals surface area contributed by atoms with Crippen LogP contribution < -0.4 is 5.73 Å². The van der Waals surface area contributed by atoms with Crippen molar-refractivity contribution in [3.63, 3.8) is 0 Å². The topological polar surface area (TPSA) is 51.8 Å². The molecule has 2 N–H and O–H groups in total. The number of halogens is 2. The molecule has 0 aliphatic heterocycles. The first-order valence-corrected chi connectivity index (χ1v) is 6.25. The fourth-order valence-electron chi connectivity index (χ4n) is 1.64. The van der Waals surface area contributed by atoms with Crippen molar-refractivity contribution in [1.82, 2.24) is 9.97 Å². The van der Waals surface area contributed by atoms with Gasteiger partial charge in [0, 0.05) is 22.1 Å². The lowest BCUT2D eigenvalue weighted by Gasteiger charge is -2.18. The van der Waals surface area contributed by atoms with E-state index in [2.05, 4.69) is 9.97 Å². The molecule has 0 bridgehead atoms. The van der Waals surface area contributed by atoms with Gasteiger partial charge in [0.1, 0.15) is 17.5 Å². The van der Waals surface area contributed by atoms with Crippen LogP contribution in [0, 0.1) is 5.82 Å². The largest absolute Gasteiger partial charge is 0.384 e. The predicted molar refractivity (Wildman–Crippen MR) is 75.5 cm³/mol. The Morgan fingerprint density at radius 2 is 1.84 bits per heavy atom. The monoisotopic (exact) mass is 279 g/mol. The summed E-state index contributed by atoms with van der Waals surface area (Å²) in [6.07, 6.45) is 0. The Morgan fingerprint density at radius 3 is 2.42 bits per heavy atom. The first-order chi connectivity index (χ1) is 8.77. The van der Waals surface area contributed by atoms with Gasteiger partial charge in [0.25, 0.3) is 0 Å². The van der Waals surface area contributed by atoms with Gasteiger partial charge in [-0.2, -0.15) is 0 Å². The molecule has 100 valence electrons. The van der Waals surface area contributed by atoms with E-state index in [0.717, 1.165) is 0 Å². The number of hydrogen-bond acceptors (Lipinski definition) is 3. The summed E-state index contributed by atoms with van der Waals surface area (Å²) >= 11 is 5.74. The number of rotatable bonds is 1. The first kappa shape index (κ1) is 13.7. The maximum absolute atomic E-state index is 13.9. The average Bonchev–Trinajstić information content (AvgIpc) is 2.26. The predicted octanol–water partition coefficient (Wildman–Crippen LogP) is 3.82. The van der Waals surface area contributed by atoms with Crippen LogP contribution in [0.5, 0.6) is 0 Å². The molecule has 0 aliphatic carbocycles. The van der Waals surface area contributed by atoms with Crippen molar-refractivity contribution >= 4 is 17.4 Å². The molecule has 0 unspecified atom stereocenters. The van der Waals surface area contributed by atoms with Crippen LogP contribution in [0.4, 0.5) is 10.2 Å². The summed E-state index contributed by atoms with van der Waals surface area (Å²) in [5.41, 5.74) is 6.35. The number of benzene rings is 1. The summed E-state index contributed by atoms with van der Waals surface area (Å²) in [6, 6.07) is 6.02. The van der Waals surface area contributed by atoms with Gasteiger partial charge in [0.05, 0.1) is 5.69 Å². The third-order valence-corrected chi connectivity index (χ3v) is 2.86. The Kier molecular flexibility index (Phi) is 3.45. The minimum absolute atomic E-state index is 0.257. The zero-order valence-electron chi connectivity index (χ0n) is 11.0. The van der Waals surface area contributed by atoms with Gasteiger partial charge >= 0.3 is 0 Å². The third kappa shape index (κ3) is 3.01. The lowest BCUT2D eigenvalue weighted by Crippen LogP contribution is -2.17. The van der Waals surface area contributed by atoms with E-state index in [1.54, 1.807) is 18.2 Å². The van der Waals surface area contributed by atoms with Crippen molar-refractivity contribution < 1.29 is 4.39 Å². The molecule has 0 radical (unpaired) electrons. The maximum atomic E-state index is 13.9.